The third kappa shape index (κ3) is 2.67. The highest BCUT2D eigenvalue weighted by Crippen LogP contribution is 2.26. The van der Waals surface area contributed by atoms with Gasteiger partial charge in [-0.15, -0.1) is 0 Å². The number of ether oxygens (including phenoxy) is 1. The highest BCUT2D eigenvalue weighted by atomic mass is 16.5. The molecule has 0 aliphatic carbocycles. The molecule has 1 aromatic rings. The van der Waals surface area contributed by atoms with Crippen LogP contribution in [0.1, 0.15) is 29.8 Å². The Labute approximate surface area is 118 Å². The molecule has 108 valence electrons. The molecule has 0 saturated carbocycles. The molecule has 0 radical (unpaired) electrons. The molecule has 0 aromatic heterocycles. The largest absolute Gasteiger partial charge is 0.496 e. The first-order chi connectivity index (χ1) is 9.48. The van der Waals surface area contributed by atoms with E-state index in [0.717, 1.165) is 24.1 Å². The van der Waals surface area contributed by atoms with E-state index >= 15 is 0 Å². The Hall–Kier alpha value is -1.88. The number of amides is 1. The molecule has 1 fully saturated rings. The minimum Gasteiger partial charge on any atom is -0.496 e. The first-order valence-corrected chi connectivity index (χ1v) is 6.64. The summed E-state index contributed by atoms with van der Waals surface area (Å²) in [5.41, 5.74) is 0.959. The van der Waals surface area contributed by atoms with Crippen LogP contribution in [0.2, 0.25) is 0 Å². The van der Waals surface area contributed by atoms with Crippen LogP contribution in [0.5, 0.6) is 5.75 Å². The van der Waals surface area contributed by atoms with E-state index in [0.29, 0.717) is 18.7 Å². The summed E-state index contributed by atoms with van der Waals surface area (Å²) < 4.78 is 5.34. The first kappa shape index (κ1) is 14.5. The van der Waals surface area contributed by atoms with Crippen LogP contribution in [0, 0.1) is 0 Å². The first-order valence-electron chi connectivity index (χ1n) is 6.64. The van der Waals surface area contributed by atoms with E-state index < -0.39 is 5.54 Å². The van der Waals surface area contributed by atoms with Crippen LogP contribution < -0.4 is 10.1 Å². The lowest BCUT2D eigenvalue weighted by Gasteiger charge is -2.41. The maximum Gasteiger partial charge on any atom is 0.240 e. The molecule has 1 aliphatic heterocycles. The number of benzene rings is 1. The van der Waals surface area contributed by atoms with Crippen LogP contribution in [0.3, 0.4) is 0 Å². The second kappa shape index (κ2) is 5.63. The van der Waals surface area contributed by atoms with Crippen molar-refractivity contribution < 1.29 is 14.3 Å². The predicted molar refractivity (Wildman–Crippen MR) is 75.9 cm³/mol. The fourth-order valence-electron chi connectivity index (χ4n) is 2.42. The highest BCUT2D eigenvalue weighted by Gasteiger charge is 2.37. The van der Waals surface area contributed by atoms with Gasteiger partial charge in [0.05, 0.1) is 12.6 Å². The summed E-state index contributed by atoms with van der Waals surface area (Å²) in [6.45, 7) is 5.78. The Balaban J connectivity index is 2.28. The van der Waals surface area contributed by atoms with Crippen LogP contribution in [0.4, 0.5) is 0 Å². The lowest BCUT2D eigenvalue weighted by atomic mass is 9.97. The van der Waals surface area contributed by atoms with Gasteiger partial charge in [0.15, 0.2) is 0 Å². The molecule has 5 heteroatoms. The van der Waals surface area contributed by atoms with Gasteiger partial charge in [0, 0.05) is 30.8 Å². The lowest BCUT2D eigenvalue weighted by molar-refractivity contribution is -0.135. The molecule has 0 atom stereocenters. The van der Waals surface area contributed by atoms with E-state index in [-0.39, 0.29) is 5.91 Å². The van der Waals surface area contributed by atoms with Crippen molar-refractivity contribution in [2.75, 3.05) is 20.2 Å². The van der Waals surface area contributed by atoms with Crippen molar-refractivity contribution in [1.82, 2.24) is 10.2 Å². The summed E-state index contributed by atoms with van der Waals surface area (Å²) in [6, 6.07) is 5.33. The van der Waals surface area contributed by atoms with Crippen LogP contribution in [0.25, 0.3) is 0 Å². The molecule has 0 bridgehead atoms. The van der Waals surface area contributed by atoms with Gasteiger partial charge in [-0.3, -0.25) is 14.5 Å². The monoisotopic (exact) mass is 276 g/mol. The number of carbonyl (C=O) groups is 2. The zero-order chi connectivity index (χ0) is 14.8. The van der Waals surface area contributed by atoms with Gasteiger partial charge in [-0.1, -0.05) is 0 Å². The zero-order valence-electron chi connectivity index (χ0n) is 12.1. The number of hydrogen-bond donors (Lipinski definition) is 1. The molecule has 20 heavy (non-hydrogen) atoms. The van der Waals surface area contributed by atoms with Crippen molar-refractivity contribution in [3.8, 4) is 5.75 Å². The van der Waals surface area contributed by atoms with Crippen molar-refractivity contribution in [2.45, 2.75) is 25.9 Å². The van der Waals surface area contributed by atoms with Gasteiger partial charge in [0.25, 0.3) is 0 Å². The van der Waals surface area contributed by atoms with Gasteiger partial charge in [-0.05, 0) is 32.0 Å². The van der Waals surface area contributed by atoms with E-state index in [2.05, 4.69) is 10.2 Å². The summed E-state index contributed by atoms with van der Waals surface area (Å²) in [5, 5.41) is 2.87. The van der Waals surface area contributed by atoms with Gasteiger partial charge in [0.1, 0.15) is 12.0 Å². The van der Waals surface area contributed by atoms with Crippen LogP contribution >= 0.6 is 0 Å². The third-order valence-electron chi connectivity index (χ3n) is 3.82. The quantitative estimate of drug-likeness (QED) is 0.840. The Morgan fingerprint density at radius 1 is 1.45 bits per heavy atom. The third-order valence-corrected chi connectivity index (χ3v) is 3.82. The SMILES string of the molecule is COc1ccc(C=O)cc1CN1CCNC(=O)C1(C)C. The van der Waals surface area contributed by atoms with Crippen LogP contribution in [-0.2, 0) is 11.3 Å². The summed E-state index contributed by atoms with van der Waals surface area (Å²) in [7, 11) is 1.60. The second-order valence-corrected chi connectivity index (χ2v) is 5.43. The molecular formula is C15H20N2O3. The molecule has 1 aliphatic rings. The van der Waals surface area contributed by atoms with Crippen molar-refractivity contribution in [2.24, 2.45) is 0 Å². The molecular weight excluding hydrogens is 256 g/mol. The van der Waals surface area contributed by atoms with Gasteiger partial charge < -0.3 is 10.1 Å². The van der Waals surface area contributed by atoms with Gasteiger partial charge in [-0.2, -0.15) is 0 Å². The molecule has 2 rings (SSSR count). The number of aldehydes is 1. The minimum atomic E-state index is -0.569. The Morgan fingerprint density at radius 2 is 2.20 bits per heavy atom. The number of nitrogens with one attached hydrogen (secondary N) is 1. The molecule has 0 spiro atoms. The van der Waals surface area contributed by atoms with Gasteiger partial charge >= 0.3 is 0 Å². The van der Waals surface area contributed by atoms with Crippen molar-refractivity contribution in [3.63, 3.8) is 0 Å². The van der Waals surface area contributed by atoms with Gasteiger partial charge in [-0.25, -0.2) is 0 Å². The van der Waals surface area contributed by atoms with Gasteiger partial charge in [0.2, 0.25) is 5.91 Å². The number of piperazine rings is 1. The Kier molecular flexibility index (Phi) is 4.09. The fourth-order valence-corrected chi connectivity index (χ4v) is 2.42. The van der Waals surface area contributed by atoms with E-state index in [1.54, 1.807) is 19.2 Å². The highest BCUT2D eigenvalue weighted by molar-refractivity contribution is 5.86. The molecule has 1 saturated heterocycles. The molecule has 1 aromatic carbocycles. The molecule has 0 unspecified atom stereocenters. The predicted octanol–water partition coefficient (Wildman–Crippen LogP) is 1.22. The van der Waals surface area contributed by atoms with E-state index in [4.69, 9.17) is 4.74 Å². The maximum atomic E-state index is 12.0. The summed E-state index contributed by atoms with van der Waals surface area (Å²) in [5.74, 6) is 0.756. The van der Waals surface area contributed by atoms with Crippen molar-refractivity contribution in [3.05, 3.63) is 29.3 Å². The minimum absolute atomic E-state index is 0.0225. The Morgan fingerprint density at radius 3 is 2.85 bits per heavy atom. The van der Waals surface area contributed by atoms with Crippen LogP contribution in [0.15, 0.2) is 18.2 Å². The molecule has 5 nitrogen and oxygen atoms in total. The average Bonchev–Trinajstić information content (AvgIpc) is 2.44. The number of carbonyl (C=O) groups excluding carboxylic acids is 2. The Bertz CT molecular complexity index is 526. The van der Waals surface area contributed by atoms with Crippen LogP contribution in [-0.4, -0.2) is 42.8 Å². The lowest BCUT2D eigenvalue weighted by Crippen LogP contribution is -2.61. The standard InChI is InChI=1S/C15H20N2O3/c1-15(2)14(19)16-6-7-17(15)9-12-8-11(10-18)4-5-13(12)20-3/h4-5,8,10H,6-7,9H2,1-3H3,(H,16,19). The number of nitrogens with zero attached hydrogens (tertiary/aromatic N) is 1. The molecule has 1 N–H and O–H groups in total. The molecule has 1 heterocycles. The van der Waals surface area contributed by atoms with Crippen molar-refractivity contribution >= 4 is 12.2 Å². The zero-order valence-corrected chi connectivity index (χ0v) is 12.1. The fraction of sp³-hybridized carbons (Fsp3) is 0.467. The van der Waals surface area contributed by atoms with E-state index in [1.807, 2.05) is 19.9 Å². The maximum absolute atomic E-state index is 12.0. The number of methoxy groups -OCH3 is 1. The second-order valence-electron chi connectivity index (χ2n) is 5.43. The normalized spacial score (nSPS) is 18.4. The topological polar surface area (TPSA) is 58.6 Å². The van der Waals surface area contributed by atoms with Crippen molar-refractivity contribution in [1.29, 1.82) is 0 Å². The smallest absolute Gasteiger partial charge is 0.240 e. The van der Waals surface area contributed by atoms with E-state index in [1.165, 1.54) is 0 Å². The summed E-state index contributed by atoms with van der Waals surface area (Å²) >= 11 is 0. The summed E-state index contributed by atoms with van der Waals surface area (Å²) in [6.07, 6.45) is 0.816. The average molecular weight is 276 g/mol. The number of rotatable bonds is 4. The number of hydrogen-bond acceptors (Lipinski definition) is 4. The van der Waals surface area contributed by atoms with E-state index in [9.17, 15) is 9.59 Å². The molecule has 1 amide bonds. The summed E-state index contributed by atoms with van der Waals surface area (Å²) in [4.78, 5) is 25.0.